The number of hydrogen-bond acceptors (Lipinski definition) is 5. The molecular weight excluding hydrogens is 476 g/mol. The van der Waals surface area contributed by atoms with Crippen LogP contribution in [0.4, 0.5) is 0 Å². The number of carbonyl (C=O) groups excluding carboxylic acids is 1. The lowest BCUT2D eigenvalue weighted by atomic mass is 10.0. The molecular formula is C33H30O5. The van der Waals surface area contributed by atoms with Crippen molar-refractivity contribution in [1.29, 1.82) is 0 Å². The van der Waals surface area contributed by atoms with Gasteiger partial charge < -0.3 is 18.9 Å². The highest BCUT2D eigenvalue weighted by Gasteiger charge is 2.10. The van der Waals surface area contributed by atoms with E-state index >= 15 is 0 Å². The van der Waals surface area contributed by atoms with Crippen LogP contribution in [0.15, 0.2) is 121 Å². The highest BCUT2D eigenvalue weighted by atomic mass is 16.5. The van der Waals surface area contributed by atoms with E-state index in [1.807, 2.05) is 86.7 Å². The maximum Gasteiger partial charge on any atom is 0.193 e. The Morgan fingerprint density at radius 3 is 1.11 bits per heavy atom. The van der Waals surface area contributed by atoms with Crippen LogP contribution in [0.25, 0.3) is 0 Å². The molecule has 0 spiro atoms. The van der Waals surface area contributed by atoms with Gasteiger partial charge in [0, 0.05) is 11.1 Å². The van der Waals surface area contributed by atoms with Crippen LogP contribution in [0, 0.1) is 0 Å². The van der Waals surface area contributed by atoms with Crippen LogP contribution >= 0.6 is 0 Å². The summed E-state index contributed by atoms with van der Waals surface area (Å²) < 4.78 is 23.0. The summed E-state index contributed by atoms with van der Waals surface area (Å²) in [7, 11) is 0. The molecule has 0 heterocycles. The fourth-order valence-corrected chi connectivity index (χ4v) is 3.48. The first-order valence-electron chi connectivity index (χ1n) is 12.4. The minimum Gasteiger partial charge on any atom is -0.490 e. The summed E-state index contributed by atoms with van der Waals surface area (Å²) in [6.07, 6.45) is 7.78. The first kappa shape index (κ1) is 26.3. The lowest BCUT2D eigenvalue weighted by molar-refractivity contribution is 0.103. The van der Waals surface area contributed by atoms with Crippen LogP contribution in [0.3, 0.4) is 0 Å². The lowest BCUT2D eigenvalue weighted by Gasteiger charge is -2.09. The number of rotatable bonds is 12. The predicted octanol–water partition coefficient (Wildman–Crippen LogP) is 8.41. The summed E-state index contributed by atoms with van der Waals surface area (Å²) in [6.45, 7) is 4.97. The van der Waals surface area contributed by atoms with E-state index in [2.05, 4.69) is 0 Å². The lowest BCUT2D eigenvalue weighted by Crippen LogP contribution is -2.01. The third-order valence-corrected chi connectivity index (χ3v) is 5.52. The smallest absolute Gasteiger partial charge is 0.193 e. The van der Waals surface area contributed by atoms with Gasteiger partial charge >= 0.3 is 0 Å². The van der Waals surface area contributed by atoms with Crippen LogP contribution in [-0.4, -0.2) is 19.0 Å². The van der Waals surface area contributed by atoms with Gasteiger partial charge in [-0.25, -0.2) is 0 Å². The molecule has 192 valence electrons. The average Bonchev–Trinajstić information content (AvgIpc) is 2.96. The second-order valence-corrected chi connectivity index (χ2v) is 8.28. The standard InChI is InChI=1S/C33H30O5/c1-3-5-23-35-27-15-19-31(20-16-27)37-29-11-7-25(8-12-29)33(34)26-9-13-30(14-10-26)38-32-21-17-28(18-22-32)36-24-6-4-2/h3-22H,23-24H2,1-2H3. The third kappa shape index (κ3) is 7.61. The molecule has 0 saturated carbocycles. The molecule has 0 aliphatic rings. The van der Waals surface area contributed by atoms with Gasteiger partial charge in [0.15, 0.2) is 5.78 Å². The molecule has 0 radical (unpaired) electrons. The van der Waals surface area contributed by atoms with Crippen molar-refractivity contribution in [2.24, 2.45) is 0 Å². The molecule has 5 heteroatoms. The fourth-order valence-electron chi connectivity index (χ4n) is 3.48. The van der Waals surface area contributed by atoms with Crippen molar-refractivity contribution in [2.75, 3.05) is 13.2 Å². The van der Waals surface area contributed by atoms with E-state index in [0.717, 1.165) is 11.5 Å². The normalized spacial score (nSPS) is 11.0. The Morgan fingerprint density at radius 2 is 0.789 bits per heavy atom. The van der Waals surface area contributed by atoms with Gasteiger partial charge in [-0.15, -0.1) is 0 Å². The summed E-state index contributed by atoms with van der Waals surface area (Å²) in [5.74, 6) is 4.14. The molecule has 5 nitrogen and oxygen atoms in total. The molecule has 0 aromatic heterocycles. The number of ketones is 1. The first-order chi connectivity index (χ1) is 18.6. The van der Waals surface area contributed by atoms with Crippen LogP contribution in [0.1, 0.15) is 29.8 Å². The Labute approximate surface area is 223 Å². The van der Waals surface area contributed by atoms with Gasteiger partial charge in [0.1, 0.15) is 47.7 Å². The number of hydrogen-bond donors (Lipinski definition) is 0. The summed E-state index contributed by atoms with van der Waals surface area (Å²) in [5, 5.41) is 0. The SMILES string of the molecule is CC=CCOc1ccc(Oc2ccc(C(=O)c3ccc(Oc4ccc(OCC=CC)cc4)cc3)cc2)cc1. The van der Waals surface area contributed by atoms with Gasteiger partial charge in [0.05, 0.1) is 0 Å². The molecule has 0 saturated heterocycles. The Balaban J connectivity index is 1.31. The number of carbonyl (C=O) groups is 1. The van der Waals surface area contributed by atoms with E-state index in [9.17, 15) is 4.79 Å². The van der Waals surface area contributed by atoms with Gasteiger partial charge in [0.2, 0.25) is 0 Å². The summed E-state index contributed by atoms with van der Waals surface area (Å²) in [6, 6.07) is 29.0. The third-order valence-electron chi connectivity index (χ3n) is 5.52. The second-order valence-electron chi connectivity index (χ2n) is 8.28. The number of ether oxygens (including phenoxy) is 4. The van der Waals surface area contributed by atoms with E-state index in [0.29, 0.717) is 47.3 Å². The second kappa shape index (κ2) is 13.5. The van der Waals surface area contributed by atoms with Crippen molar-refractivity contribution in [3.63, 3.8) is 0 Å². The molecule has 0 atom stereocenters. The Kier molecular flexibility index (Phi) is 9.35. The largest absolute Gasteiger partial charge is 0.490 e. The minimum absolute atomic E-state index is 0.0756. The monoisotopic (exact) mass is 506 g/mol. The van der Waals surface area contributed by atoms with E-state index < -0.39 is 0 Å². The average molecular weight is 507 g/mol. The summed E-state index contributed by atoms with van der Waals surface area (Å²) in [4.78, 5) is 13.0. The number of benzene rings is 4. The summed E-state index contributed by atoms with van der Waals surface area (Å²) >= 11 is 0. The van der Waals surface area contributed by atoms with E-state index in [1.165, 1.54) is 0 Å². The van der Waals surface area contributed by atoms with Crippen molar-refractivity contribution < 1.29 is 23.7 Å². The van der Waals surface area contributed by atoms with Gasteiger partial charge in [-0.1, -0.05) is 24.3 Å². The van der Waals surface area contributed by atoms with Crippen molar-refractivity contribution in [3.05, 3.63) is 132 Å². The van der Waals surface area contributed by atoms with Crippen LogP contribution in [-0.2, 0) is 0 Å². The highest BCUT2D eigenvalue weighted by Crippen LogP contribution is 2.27. The molecule has 38 heavy (non-hydrogen) atoms. The molecule has 4 rings (SSSR count). The summed E-state index contributed by atoms with van der Waals surface area (Å²) in [5.41, 5.74) is 1.15. The van der Waals surface area contributed by atoms with E-state index in [4.69, 9.17) is 18.9 Å². The molecule has 4 aromatic carbocycles. The quantitative estimate of drug-likeness (QED) is 0.143. The highest BCUT2D eigenvalue weighted by molar-refractivity contribution is 6.09. The van der Waals surface area contributed by atoms with Crippen molar-refractivity contribution >= 4 is 5.78 Å². The van der Waals surface area contributed by atoms with Crippen LogP contribution in [0.5, 0.6) is 34.5 Å². The molecule has 0 aliphatic heterocycles. The van der Waals surface area contributed by atoms with E-state index in [1.54, 1.807) is 48.5 Å². The maximum absolute atomic E-state index is 13.0. The Morgan fingerprint density at radius 1 is 0.500 bits per heavy atom. The van der Waals surface area contributed by atoms with Crippen LogP contribution in [0.2, 0.25) is 0 Å². The minimum atomic E-state index is -0.0756. The van der Waals surface area contributed by atoms with Gasteiger partial charge in [0.25, 0.3) is 0 Å². The van der Waals surface area contributed by atoms with E-state index in [-0.39, 0.29) is 5.78 Å². The van der Waals surface area contributed by atoms with Crippen molar-refractivity contribution in [1.82, 2.24) is 0 Å². The number of allylic oxidation sites excluding steroid dienone is 2. The Hall–Kier alpha value is -4.77. The van der Waals surface area contributed by atoms with Gasteiger partial charge in [-0.05, 0) is 111 Å². The molecule has 0 aliphatic carbocycles. The first-order valence-corrected chi connectivity index (χ1v) is 12.4. The van der Waals surface area contributed by atoms with Gasteiger partial charge in [-0.3, -0.25) is 4.79 Å². The molecule has 0 fully saturated rings. The van der Waals surface area contributed by atoms with Crippen LogP contribution < -0.4 is 18.9 Å². The zero-order valence-electron chi connectivity index (χ0n) is 21.5. The van der Waals surface area contributed by atoms with Crippen molar-refractivity contribution in [2.45, 2.75) is 13.8 Å². The van der Waals surface area contributed by atoms with Gasteiger partial charge in [-0.2, -0.15) is 0 Å². The molecule has 0 N–H and O–H groups in total. The zero-order chi connectivity index (χ0) is 26.6. The zero-order valence-corrected chi connectivity index (χ0v) is 21.5. The van der Waals surface area contributed by atoms with Crippen molar-refractivity contribution in [3.8, 4) is 34.5 Å². The topological polar surface area (TPSA) is 54.0 Å². The maximum atomic E-state index is 13.0. The predicted molar refractivity (Wildman–Crippen MR) is 150 cm³/mol. The molecule has 0 amide bonds. The molecule has 0 bridgehead atoms. The molecule has 4 aromatic rings. The Bertz CT molecular complexity index is 1240. The molecule has 0 unspecified atom stereocenters. The fraction of sp³-hybridized carbons (Fsp3) is 0.121.